The second kappa shape index (κ2) is 17.8. The first-order valence-corrected chi connectivity index (χ1v) is 18.7. The Kier molecular flexibility index (Phi) is 12.5. The number of H-pyrrole nitrogens is 2. The van der Waals surface area contributed by atoms with Gasteiger partial charge in [0.25, 0.3) is 0 Å². The normalized spacial score (nSPS) is 14.4. The second-order valence-corrected chi connectivity index (χ2v) is 14.0. The Labute approximate surface area is 325 Å². The summed E-state index contributed by atoms with van der Waals surface area (Å²) in [6.07, 6.45) is 4.42. The van der Waals surface area contributed by atoms with Crippen LogP contribution in [0.15, 0.2) is 85.6 Å². The van der Waals surface area contributed by atoms with Crippen molar-refractivity contribution in [3.63, 3.8) is 0 Å². The summed E-state index contributed by atoms with van der Waals surface area (Å²) < 4.78 is 9.33. The van der Waals surface area contributed by atoms with Crippen LogP contribution in [-0.2, 0) is 25.6 Å². The fourth-order valence-electron chi connectivity index (χ4n) is 6.90. The van der Waals surface area contributed by atoms with E-state index in [-0.39, 0.29) is 36.9 Å². The molecule has 292 valence electrons. The maximum absolute atomic E-state index is 13.6. The van der Waals surface area contributed by atoms with Crippen LogP contribution in [0.25, 0.3) is 44.5 Å². The maximum Gasteiger partial charge on any atom is 0.407 e. The average molecular weight is 761 g/mol. The van der Waals surface area contributed by atoms with Gasteiger partial charge in [0.1, 0.15) is 24.2 Å². The molecule has 1 aliphatic rings. The van der Waals surface area contributed by atoms with Gasteiger partial charge in [-0.3, -0.25) is 9.59 Å². The lowest BCUT2D eigenvalue weighted by Gasteiger charge is -2.29. The number of nitrogens with one attached hydrogen (secondary N) is 4. The number of hydrogen-bond donors (Lipinski definition) is 4. The van der Waals surface area contributed by atoms with Gasteiger partial charge in [-0.15, -0.1) is 6.58 Å². The summed E-state index contributed by atoms with van der Waals surface area (Å²) in [6, 6.07) is 21.8. The predicted molar refractivity (Wildman–Crippen MR) is 213 cm³/mol. The molecule has 14 heteroatoms. The van der Waals surface area contributed by atoms with Crippen LogP contribution in [-0.4, -0.2) is 93.6 Å². The SMILES string of the molecule is C=CCCN(Cc1ncc(-c2ccc(-c3ccc(-c4ccc5nc([C@@H]6CCCN6C(=O)[C@@H](NC(=O)OC)C(C)C)[nH]c5c4)cc3)cc2)[nH]1)C(=O)CNC(=O)OC. The number of benzene rings is 3. The highest BCUT2D eigenvalue weighted by atomic mass is 16.5. The van der Waals surface area contributed by atoms with Crippen LogP contribution in [0.4, 0.5) is 9.59 Å². The number of carbonyl (C=O) groups is 4. The minimum Gasteiger partial charge on any atom is -0.453 e. The Morgan fingerprint density at radius 1 is 0.929 bits per heavy atom. The summed E-state index contributed by atoms with van der Waals surface area (Å²) in [5, 5.41) is 5.13. The maximum atomic E-state index is 13.6. The van der Waals surface area contributed by atoms with E-state index in [0.29, 0.717) is 25.3 Å². The van der Waals surface area contributed by atoms with E-state index < -0.39 is 18.2 Å². The lowest BCUT2D eigenvalue weighted by atomic mass is 9.99. The zero-order chi connectivity index (χ0) is 39.8. The molecular weight excluding hydrogens is 713 g/mol. The van der Waals surface area contributed by atoms with Gasteiger partial charge >= 0.3 is 12.2 Å². The van der Waals surface area contributed by atoms with Gasteiger partial charge in [-0.25, -0.2) is 19.6 Å². The van der Waals surface area contributed by atoms with Crippen molar-refractivity contribution in [1.82, 2.24) is 40.4 Å². The molecule has 1 saturated heterocycles. The van der Waals surface area contributed by atoms with Crippen LogP contribution >= 0.6 is 0 Å². The minimum atomic E-state index is -0.691. The molecule has 3 aromatic carbocycles. The van der Waals surface area contributed by atoms with Gasteiger partial charge in [0.2, 0.25) is 11.8 Å². The molecule has 14 nitrogen and oxygen atoms in total. The molecule has 2 atom stereocenters. The third kappa shape index (κ3) is 9.08. The molecule has 1 aliphatic heterocycles. The number of fused-ring (bicyclic) bond motifs is 1. The number of carbonyl (C=O) groups excluding carboxylic acids is 4. The molecule has 56 heavy (non-hydrogen) atoms. The smallest absolute Gasteiger partial charge is 0.407 e. The molecule has 1 fully saturated rings. The van der Waals surface area contributed by atoms with Crippen molar-refractivity contribution in [3.8, 4) is 33.5 Å². The fraction of sp³-hybridized carbons (Fsp3) is 0.333. The monoisotopic (exact) mass is 760 g/mol. The summed E-state index contributed by atoms with van der Waals surface area (Å²) in [4.78, 5) is 69.4. The van der Waals surface area contributed by atoms with Crippen molar-refractivity contribution in [2.45, 2.75) is 51.7 Å². The largest absolute Gasteiger partial charge is 0.453 e. The highest BCUT2D eigenvalue weighted by molar-refractivity contribution is 5.87. The molecule has 6 rings (SSSR count). The number of imidazole rings is 2. The van der Waals surface area contributed by atoms with Crippen LogP contribution in [0.3, 0.4) is 0 Å². The van der Waals surface area contributed by atoms with Crippen molar-refractivity contribution in [3.05, 3.63) is 97.2 Å². The van der Waals surface area contributed by atoms with E-state index in [9.17, 15) is 19.2 Å². The Balaban J connectivity index is 1.11. The minimum absolute atomic E-state index is 0.107. The van der Waals surface area contributed by atoms with Gasteiger partial charge in [-0.2, -0.15) is 0 Å². The molecule has 5 aromatic rings. The highest BCUT2D eigenvalue weighted by Crippen LogP contribution is 2.34. The first-order valence-electron chi connectivity index (χ1n) is 18.7. The zero-order valence-electron chi connectivity index (χ0n) is 32.1. The third-order valence-corrected chi connectivity index (χ3v) is 9.98. The Morgan fingerprint density at radius 2 is 1.57 bits per heavy atom. The van der Waals surface area contributed by atoms with Crippen LogP contribution in [0.1, 0.15) is 50.8 Å². The van der Waals surface area contributed by atoms with Crippen LogP contribution in [0.5, 0.6) is 0 Å². The van der Waals surface area contributed by atoms with Crippen molar-refractivity contribution in [2.75, 3.05) is 33.9 Å². The first kappa shape index (κ1) is 39.3. The summed E-state index contributed by atoms with van der Waals surface area (Å²) in [7, 11) is 2.54. The lowest BCUT2D eigenvalue weighted by Crippen LogP contribution is -2.51. The van der Waals surface area contributed by atoms with Crippen molar-refractivity contribution < 1.29 is 28.7 Å². The Bertz CT molecular complexity index is 2180. The van der Waals surface area contributed by atoms with Crippen LogP contribution in [0, 0.1) is 5.92 Å². The molecule has 0 radical (unpaired) electrons. The predicted octanol–water partition coefficient (Wildman–Crippen LogP) is 6.59. The second-order valence-electron chi connectivity index (χ2n) is 14.0. The van der Waals surface area contributed by atoms with E-state index in [4.69, 9.17) is 9.72 Å². The lowest BCUT2D eigenvalue weighted by molar-refractivity contribution is -0.135. The molecule has 2 aromatic heterocycles. The zero-order valence-corrected chi connectivity index (χ0v) is 32.1. The average Bonchev–Trinajstić information content (AvgIpc) is 4.00. The number of likely N-dealkylation sites (tertiary alicyclic amines) is 1. The first-order chi connectivity index (χ1) is 27.1. The highest BCUT2D eigenvalue weighted by Gasteiger charge is 2.37. The van der Waals surface area contributed by atoms with Crippen molar-refractivity contribution in [2.24, 2.45) is 5.92 Å². The number of amides is 4. The van der Waals surface area contributed by atoms with E-state index in [1.54, 1.807) is 17.2 Å². The van der Waals surface area contributed by atoms with Gasteiger partial charge in [-0.05, 0) is 65.1 Å². The van der Waals surface area contributed by atoms with Gasteiger partial charge in [0, 0.05) is 13.1 Å². The number of aromatic nitrogens is 4. The Hall–Kier alpha value is -6.44. The van der Waals surface area contributed by atoms with Crippen molar-refractivity contribution in [1.29, 1.82) is 0 Å². The summed E-state index contributed by atoms with van der Waals surface area (Å²) in [5.74, 6) is 0.860. The fourth-order valence-corrected chi connectivity index (χ4v) is 6.90. The number of aromatic amines is 2. The van der Waals surface area contributed by atoms with Crippen LogP contribution < -0.4 is 10.6 Å². The number of alkyl carbamates (subject to hydrolysis) is 2. The summed E-state index contributed by atoms with van der Waals surface area (Å²) in [5.41, 5.74) is 7.71. The van der Waals surface area contributed by atoms with E-state index >= 15 is 0 Å². The molecule has 0 unspecified atom stereocenters. The number of methoxy groups -OCH3 is 2. The van der Waals surface area contributed by atoms with Gasteiger partial charge in [0.05, 0.1) is 49.7 Å². The Morgan fingerprint density at radius 3 is 2.21 bits per heavy atom. The number of nitrogens with zero attached hydrogens (tertiary/aromatic N) is 4. The molecule has 0 spiro atoms. The number of ether oxygens (including phenoxy) is 2. The summed E-state index contributed by atoms with van der Waals surface area (Å²) >= 11 is 0. The molecule has 3 heterocycles. The quantitative estimate of drug-likeness (QED) is 0.0917. The topological polar surface area (TPSA) is 175 Å². The van der Waals surface area contributed by atoms with Gasteiger partial charge in [-0.1, -0.05) is 74.5 Å². The van der Waals surface area contributed by atoms with Crippen LogP contribution in [0.2, 0.25) is 0 Å². The molecule has 0 aliphatic carbocycles. The molecule has 4 N–H and O–H groups in total. The molecular formula is C42H48N8O6. The standard InChI is InChI=1S/C42H48N8O6/c1-6-7-20-49(37(51)24-44-41(53)55-4)25-36-43-23-34(45-36)30-16-14-28(15-17-30)27-10-12-29(13-11-27)31-18-19-32-33(22-31)47-39(46-32)35-9-8-21-50(35)40(52)38(26(2)3)48-42(54)56-5/h6,10-19,22-23,26,35,38H,1,7-9,20-21,24-25H2,2-5H3,(H,43,45)(H,44,53)(H,46,47)(H,48,54)/t35-,38-/m0/s1. The van der Waals surface area contributed by atoms with E-state index in [0.717, 1.165) is 63.2 Å². The van der Waals surface area contributed by atoms with Gasteiger partial charge in [0.15, 0.2) is 0 Å². The van der Waals surface area contributed by atoms with Gasteiger partial charge < -0.3 is 39.9 Å². The molecule has 4 amide bonds. The number of rotatable bonds is 14. The number of hydrogen-bond acceptors (Lipinski definition) is 8. The third-order valence-electron chi connectivity index (χ3n) is 9.98. The molecule has 0 bridgehead atoms. The van der Waals surface area contributed by atoms with E-state index in [2.05, 4.69) is 85.4 Å². The molecule has 0 saturated carbocycles. The van der Waals surface area contributed by atoms with Crippen molar-refractivity contribution >= 4 is 35.0 Å². The van der Waals surface area contributed by atoms with E-state index in [1.807, 2.05) is 36.9 Å². The summed E-state index contributed by atoms with van der Waals surface area (Å²) in [6.45, 7) is 8.66. The van der Waals surface area contributed by atoms with E-state index in [1.165, 1.54) is 14.2 Å².